The van der Waals surface area contributed by atoms with Crippen molar-refractivity contribution in [2.45, 2.75) is 57.8 Å². The molecule has 3 atom stereocenters. The number of carbonyl (C=O) groups is 1. The molecule has 116 valence electrons. The first-order chi connectivity index (χ1) is 10.2. The fourth-order valence-corrected chi connectivity index (χ4v) is 2.36. The molecule has 1 rings (SSSR count). The molecule has 0 aliphatic carbocycles. The van der Waals surface area contributed by atoms with Crippen LogP contribution in [-0.4, -0.2) is 24.3 Å². The minimum Gasteiger partial charge on any atom is -0.460 e. The lowest BCUT2D eigenvalue weighted by Gasteiger charge is -2.16. The smallest absolute Gasteiger partial charge is 0.302 e. The SMILES string of the molecule is CC/C=C/C/C=C\C[C@H]1O[C@H](C=C=CBr)C[C@H]1OC(C)=O. The van der Waals surface area contributed by atoms with Gasteiger partial charge in [0.1, 0.15) is 6.10 Å². The summed E-state index contributed by atoms with van der Waals surface area (Å²) in [6.45, 7) is 3.55. The molecule has 0 saturated carbocycles. The van der Waals surface area contributed by atoms with Crippen molar-refractivity contribution in [3.63, 3.8) is 0 Å². The van der Waals surface area contributed by atoms with E-state index in [1.54, 1.807) is 4.99 Å². The topological polar surface area (TPSA) is 35.5 Å². The molecule has 0 aromatic carbocycles. The third kappa shape index (κ3) is 7.47. The van der Waals surface area contributed by atoms with E-state index in [4.69, 9.17) is 9.47 Å². The highest BCUT2D eigenvalue weighted by molar-refractivity contribution is 9.11. The molecule has 0 aromatic heterocycles. The molecule has 0 aromatic rings. The molecule has 3 nitrogen and oxygen atoms in total. The number of hydrogen-bond donors (Lipinski definition) is 0. The monoisotopic (exact) mass is 354 g/mol. The van der Waals surface area contributed by atoms with Gasteiger partial charge in [0.2, 0.25) is 0 Å². The summed E-state index contributed by atoms with van der Waals surface area (Å²) in [5.74, 6) is -0.260. The second kappa shape index (κ2) is 10.6. The van der Waals surface area contributed by atoms with Crippen molar-refractivity contribution in [2.24, 2.45) is 0 Å². The first-order valence-corrected chi connectivity index (χ1v) is 8.22. The van der Waals surface area contributed by atoms with Crippen LogP contribution in [0.2, 0.25) is 0 Å². The highest BCUT2D eigenvalue weighted by Crippen LogP contribution is 2.26. The zero-order valence-corrected chi connectivity index (χ0v) is 14.2. The standard InChI is InChI=1S/C17H23BrO3/c1-3-4-5-6-7-8-11-16-17(20-14(2)19)13-15(21-16)10-9-12-18/h4-5,7-8,10,12,15-17H,3,6,11,13H2,1-2H3/b5-4+,8-7-/t9?,15-,16-,17-/m1/s1. The minimum atomic E-state index is -0.260. The molecule has 4 heteroatoms. The Morgan fingerprint density at radius 2 is 2.14 bits per heavy atom. The number of hydrogen-bond acceptors (Lipinski definition) is 3. The van der Waals surface area contributed by atoms with E-state index in [9.17, 15) is 4.79 Å². The van der Waals surface area contributed by atoms with Gasteiger partial charge in [0, 0.05) is 18.3 Å². The van der Waals surface area contributed by atoms with Crippen LogP contribution in [0.15, 0.2) is 41.1 Å². The summed E-state index contributed by atoms with van der Waals surface area (Å²) in [4.78, 5) is 12.8. The fourth-order valence-electron chi connectivity index (χ4n) is 2.21. The van der Waals surface area contributed by atoms with Gasteiger partial charge in [0.25, 0.3) is 0 Å². The maximum atomic E-state index is 11.2. The second-order valence-corrected chi connectivity index (χ2v) is 5.32. The average Bonchev–Trinajstić information content (AvgIpc) is 2.82. The molecule has 0 radical (unpaired) electrons. The lowest BCUT2D eigenvalue weighted by molar-refractivity contribution is -0.148. The predicted molar refractivity (Wildman–Crippen MR) is 88.2 cm³/mol. The summed E-state index contributed by atoms with van der Waals surface area (Å²) >= 11 is 3.17. The molecule has 0 amide bonds. The molecular weight excluding hydrogens is 332 g/mol. The van der Waals surface area contributed by atoms with Crippen molar-refractivity contribution in [2.75, 3.05) is 0 Å². The van der Waals surface area contributed by atoms with E-state index < -0.39 is 0 Å². The van der Waals surface area contributed by atoms with Gasteiger partial charge >= 0.3 is 5.97 Å². The van der Waals surface area contributed by atoms with Crippen molar-refractivity contribution in [3.05, 3.63) is 41.1 Å². The Balaban J connectivity index is 2.52. The van der Waals surface area contributed by atoms with Gasteiger partial charge in [-0.2, -0.15) is 0 Å². The van der Waals surface area contributed by atoms with Gasteiger partial charge in [0.15, 0.2) is 0 Å². The van der Waals surface area contributed by atoms with E-state index in [0.29, 0.717) is 6.42 Å². The Bertz CT molecular complexity index is 433. The summed E-state index contributed by atoms with van der Waals surface area (Å²) in [7, 11) is 0. The highest BCUT2D eigenvalue weighted by atomic mass is 79.9. The Hall–Kier alpha value is -1.09. The zero-order chi connectivity index (χ0) is 15.5. The number of allylic oxidation sites excluding steroid dienone is 3. The van der Waals surface area contributed by atoms with E-state index in [2.05, 4.69) is 52.9 Å². The molecule has 21 heavy (non-hydrogen) atoms. The third-order valence-corrected chi connectivity index (χ3v) is 3.37. The van der Waals surface area contributed by atoms with Crippen LogP contribution in [0.3, 0.4) is 0 Å². The molecule has 1 saturated heterocycles. The molecular formula is C17H23BrO3. The van der Waals surface area contributed by atoms with Crippen LogP contribution in [-0.2, 0) is 14.3 Å². The third-order valence-electron chi connectivity index (χ3n) is 3.10. The Labute approximate surface area is 135 Å². The maximum absolute atomic E-state index is 11.2. The summed E-state index contributed by atoms with van der Waals surface area (Å²) in [6, 6.07) is 0. The summed E-state index contributed by atoms with van der Waals surface area (Å²) < 4.78 is 11.2. The van der Waals surface area contributed by atoms with Gasteiger partial charge in [-0.05, 0) is 25.3 Å². The van der Waals surface area contributed by atoms with E-state index in [1.807, 2.05) is 6.08 Å². The van der Waals surface area contributed by atoms with Gasteiger partial charge in [-0.25, -0.2) is 0 Å². The average molecular weight is 355 g/mol. The van der Waals surface area contributed by atoms with Gasteiger partial charge in [0.05, 0.1) is 12.2 Å². The number of carbonyl (C=O) groups excluding carboxylic acids is 1. The van der Waals surface area contributed by atoms with Crippen molar-refractivity contribution < 1.29 is 14.3 Å². The summed E-state index contributed by atoms with van der Waals surface area (Å²) in [6.07, 6.45) is 13.4. The van der Waals surface area contributed by atoms with Crippen LogP contribution in [0.5, 0.6) is 0 Å². The van der Waals surface area contributed by atoms with Crippen LogP contribution in [0, 0.1) is 0 Å². The second-order valence-electron chi connectivity index (χ2n) is 4.86. The molecule has 0 spiro atoms. The van der Waals surface area contributed by atoms with E-state index in [1.165, 1.54) is 6.92 Å². The Morgan fingerprint density at radius 1 is 1.38 bits per heavy atom. The fraction of sp³-hybridized carbons (Fsp3) is 0.529. The van der Waals surface area contributed by atoms with Gasteiger partial charge < -0.3 is 9.47 Å². The summed E-state index contributed by atoms with van der Waals surface area (Å²) in [5, 5.41) is 0. The molecule has 1 aliphatic rings. The highest BCUT2D eigenvalue weighted by Gasteiger charge is 2.35. The molecule has 1 aliphatic heterocycles. The molecule has 1 fully saturated rings. The van der Waals surface area contributed by atoms with Crippen molar-refractivity contribution in [1.29, 1.82) is 0 Å². The van der Waals surface area contributed by atoms with Crippen molar-refractivity contribution in [1.82, 2.24) is 0 Å². The first kappa shape index (κ1) is 18.0. The first-order valence-electron chi connectivity index (χ1n) is 7.31. The Kier molecular flexibility index (Phi) is 9.07. The Morgan fingerprint density at radius 3 is 2.81 bits per heavy atom. The molecule has 0 unspecified atom stereocenters. The number of rotatable bonds is 7. The summed E-state index contributed by atoms with van der Waals surface area (Å²) in [5.41, 5.74) is 2.95. The van der Waals surface area contributed by atoms with Gasteiger partial charge in [-0.1, -0.05) is 47.2 Å². The molecule has 0 N–H and O–H groups in total. The lowest BCUT2D eigenvalue weighted by Crippen LogP contribution is -2.25. The molecule has 1 heterocycles. The number of esters is 1. The minimum absolute atomic E-state index is 0.0541. The van der Waals surface area contributed by atoms with Gasteiger partial charge in [-0.15, -0.1) is 5.73 Å². The quantitative estimate of drug-likeness (QED) is 0.385. The predicted octanol–water partition coefficient (Wildman–Crippen LogP) is 4.44. The number of ether oxygens (including phenoxy) is 2. The van der Waals surface area contributed by atoms with Crippen LogP contribution in [0.4, 0.5) is 0 Å². The van der Waals surface area contributed by atoms with Crippen LogP contribution in [0.1, 0.15) is 39.5 Å². The van der Waals surface area contributed by atoms with E-state index >= 15 is 0 Å². The van der Waals surface area contributed by atoms with Crippen molar-refractivity contribution in [3.8, 4) is 0 Å². The lowest BCUT2D eigenvalue weighted by atomic mass is 10.1. The van der Waals surface area contributed by atoms with Gasteiger partial charge in [-0.3, -0.25) is 4.79 Å². The van der Waals surface area contributed by atoms with Crippen LogP contribution >= 0.6 is 15.9 Å². The normalized spacial score (nSPS) is 25.2. The maximum Gasteiger partial charge on any atom is 0.302 e. The molecule has 0 bridgehead atoms. The van der Waals surface area contributed by atoms with E-state index in [-0.39, 0.29) is 24.3 Å². The number of halogens is 1. The van der Waals surface area contributed by atoms with Crippen LogP contribution < -0.4 is 0 Å². The van der Waals surface area contributed by atoms with E-state index in [0.717, 1.165) is 19.3 Å². The largest absolute Gasteiger partial charge is 0.460 e. The van der Waals surface area contributed by atoms with Crippen LogP contribution in [0.25, 0.3) is 0 Å². The zero-order valence-electron chi connectivity index (χ0n) is 12.6. The van der Waals surface area contributed by atoms with Crippen molar-refractivity contribution >= 4 is 21.9 Å².